The minimum Gasteiger partial charge on any atom is -0.381 e. The van der Waals surface area contributed by atoms with Gasteiger partial charge in [0.05, 0.1) is 16.7 Å². The summed E-state index contributed by atoms with van der Waals surface area (Å²) in [5, 5.41) is 0. The maximum absolute atomic E-state index is 14.0. The number of likely N-dealkylation sites (tertiary alicyclic amines) is 1. The van der Waals surface area contributed by atoms with Crippen LogP contribution >= 0.6 is 0 Å². The van der Waals surface area contributed by atoms with Crippen molar-refractivity contribution in [3.8, 4) is 0 Å². The number of piperidine rings is 1. The van der Waals surface area contributed by atoms with Gasteiger partial charge in [-0.25, -0.2) is 14.4 Å². The number of benzene rings is 1. The molecule has 2 aromatic rings. The van der Waals surface area contributed by atoms with Crippen molar-refractivity contribution in [2.24, 2.45) is 5.73 Å². The number of hydrogen-bond donors (Lipinski definition) is 1. The summed E-state index contributed by atoms with van der Waals surface area (Å²) in [4.78, 5) is 36.0. The maximum Gasteiger partial charge on any atom is 0.252 e. The van der Waals surface area contributed by atoms with Crippen LogP contribution in [0.15, 0.2) is 30.5 Å². The second-order valence-electron chi connectivity index (χ2n) is 8.39. The van der Waals surface area contributed by atoms with Gasteiger partial charge in [-0.05, 0) is 50.3 Å². The highest BCUT2D eigenvalue weighted by atomic mass is 19.1. The first kappa shape index (κ1) is 21.4. The summed E-state index contributed by atoms with van der Waals surface area (Å²) in [6, 6.07) is 6.36. The second-order valence-corrected chi connectivity index (χ2v) is 8.39. The minimum atomic E-state index is -0.783. The zero-order valence-electron chi connectivity index (χ0n) is 17.6. The van der Waals surface area contributed by atoms with Gasteiger partial charge in [0.15, 0.2) is 0 Å². The topological polar surface area (TPSA) is 98.4 Å². The average Bonchev–Trinajstić information content (AvgIpc) is 2.79. The normalized spacial score (nSPS) is 21.0. The Bertz CT molecular complexity index is 991. The van der Waals surface area contributed by atoms with Crippen molar-refractivity contribution >= 4 is 11.8 Å². The van der Waals surface area contributed by atoms with Crippen LogP contribution < -0.4 is 5.73 Å². The molecule has 2 saturated heterocycles. The zero-order chi connectivity index (χ0) is 22.0. The summed E-state index contributed by atoms with van der Waals surface area (Å²) < 4.78 is 19.5. The first-order valence-corrected chi connectivity index (χ1v) is 10.7. The van der Waals surface area contributed by atoms with Crippen LogP contribution in [0.4, 0.5) is 4.39 Å². The van der Waals surface area contributed by atoms with Gasteiger partial charge >= 0.3 is 0 Å². The minimum absolute atomic E-state index is 0.0107. The van der Waals surface area contributed by atoms with Crippen molar-refractivity contribution in [1.29, 1.82) is 0 Å². The van der Waals surface area contributed by atoms with Crippen molar-refractivity contribution in [3.05, 3.63) is 58.9 Å². The van der Waals surface area contributed by atoms with Crippen LogP contribution in [0.3, 0.4) is 0 Å². The van der Waals surface area contributed by atoms with E-state index in [0.717, 1.165) is 12.8 Å². The maximum atomic E-state index is 14.0. The summed E-state index contributed by atoms with van der Waals surface area (Å²) in [7, 11) is 0. The average molecular weight is 426 g/mol. The van der Waals surface area contributed by atoms with Gasteiger partial charge in [-0.2, -0.15) is 0 Å². The van der Waals surface area contributed by atoms with Crippen LogP contribution in [0.1, 0.15) is 59.0 Å². The van der Waals surface area contributed by atoms with E-state index in [1.54, 1.807) is 13.0 Å². The van der Waals surface area contributed by atoms with Crippen molar-refractivity contribution in [1.82, 2.24) is 14.9 Å². The number of primary amides is 1. The van der Waals surface area contributed by atoms with Gasteiger partial charge in [0.2, 0.25) is 5.91 Å². The largest absolute Gasteiger partial charge is 0.381 e. The van der Waals surface area contributed by atoms with Gasteiger partial charge < -0.3 is 15.4 Å². The van der Waals surface area contributed by atoms with E-state index in [1.165, 1.54) is 18.3 Å². The number of aryl methyl sites for hydroxylation is 1. The number of ether oxygens (including phenoxy) is 1. The van der Waals surface area contributed by atoms with Crippen LogP contribution in [0, 0.1) is 12.7 Å². The number of halogens is 1. The summed E-state index contributed by atoms with van der Waals surface area (Å²) in [5.41, 5.74) is 6.13. The molecule has 0 bridgehead atoms. The molecule has 1 atom stereocenters. The molecular weight excluding hydrogens is 399 g/mol. The first-order chi connectivity index (χ1) is 14.9. The molecule has 2 N–H and O–H groups in total. The summed E-state index contributed by atoms with van der Waals surface area (Å²) in [6.07, 6.45) is 4.20. The predicted octanol–water partition coefficient (Wildman–Crippen LogP) is 2.48. The smallest absolute Gasteiger partial charge is 0.252 e. The van der Waals surface area contributed by atoms with Crippen molar-refractivity contribution in [2.45, 2.75) is 43.9 Å². The molecule has 1 aromatic carbocycles. The Hall–Kier alpha value is -2.87. The van der Waals surface area contributed by atoms with E-state index in [2.05, 4.69) is 9.97 Å². The molecular formula is C23H27FN4O3. The molecule has 2 fully saturated rings. The fourth-order valence-corrected chi connectivity index (χ4v) is 4.73. The molecule has 2 aliphatic heterocycles. The Kier molecular flexibility index (Phi) is 6.00. The quantitative estimate of drug-likeness (QED) is 0.810. The van der Waals surface area contributed by atoms with Gasteiger partial charge in [-0.3, -0.25) is 9.59 Å². The van der Waals surface area contributed by atoms with E-state index in [9.17, 15) is 14.0 Å². The van der Waals surface area contributed by atoms with Crippen molar-refractivity contribution in [2.75, 3.05) is 26.3 Å². The lowest BCUT2D eigenvalue weighted by molar-refractivity contribution is -0.142. The molecule has 31 heavy (non-hydrogen) atoms. The third kappa shape index (κ3) is 4.17. The number of amides is 2. The molecule has 0 saturated carbocycles. The Balaban J connectivity index is 1.60. The van der Waals surface area contributed by atoms with Gasteiger partial charge in [-0.1, -0.05) is 12.1 Å². The number of nitrogens with two attached hydrogens (primary N) is 1. The third-order valence-electron chi connectivity index (χ3n) is 6.47. The predicted molar refractivity (Wildman–Crippen MR) is 112 cm³/mol. The SMILES string of the molecule is Cc1nc(C2CCCN(C(=O)C3(c4cccc(F)c4)CCOCC3)C2)ncc1C(N)=O. The van der Waals surface area contributed by atoms with Crippen molar-refractivity contribution in [3.63, 3.8) is 0 Å². The number of hydrogen-bond acceptors (Lipinski definition) is 5. The van der Waals surface area contributed by atoms with E-state index in [1.807, 2.05) is 11.0 Å². The van der Waals surface area contributed by atoms with Crippen LogP contribution in [-0.2, 0) is 14.9 Å². The molecule has 0 aliphatic carbocycles. The summed E-state index contributed by atoms with van der Waals surface area (Å²) in [5.74, 6) is -0.293. The molecule has 1 unspecified atom stereocenters. The Morgan fingerprint density at radius 3 is 2.74 bits per heavy atom. The van der Waals surface area contributed by atoms with E-state index in [-0.39, 0.29) is 17.6 Å². The summed E-state index contributed by atoms with van der Waals surface area (Å²) in [6.45, 7) is 3.81. The van der Waals surface area contributed by atoms with Gasteiger partial charge in [0, 0.05) is 38.4 Å². The molecule has 164 valence electrons. The number of rotatable bonds is 4. The molecule has 1 aromatic heterocycles. The van der Waals surface area contributed by atoms with Crippen molar-refractivity contribution < 1.29 is 18.7 Å². The lowest BCUT2D eigenvalue weighted by Crippen LogP contribution is -2.52. The van der Waals surface area contributed by atoms with Crippen LogP contribution in [-0.4, -0.2) is 53.0 Å². The Morgan fingerprint density at radius 1 is 1.29 bits per heavy atom. The molecule has 0 spiro atoms. The van der Waals surface area contributed by atoms with Crippen LogP contribution in [0.5, 0.6) is 0 Å². The zero-order valence-corrected chi connectivity index (χ0v) is 17.6. The highest BCUT2D eigenvalue weighted by Gasteiger charge is 2.45. The molecule has 4 rings (SSSR count). The number of aromatic nitrogens is 2. The summed E-state index contributed by atoms with van der Waals surface area (Å²) >= 11 is 0. The molecule has 2 amide bonds. The lowest BCUT2D eigenvalue weighted by atomic mass is 9.72. The van der Waals surface area contributed by atoms with E-state index in [4.69, 9.17) is 10.5 Å². The van der Waals surface area contributed by atoms with Crippen LogP contribution in [0.25, 0.3) is 0 Å². The Labute approximate surface area is 180 Å². The van der Waals surface area contributed by atoms with E-state index in [0.29, 0.717) is 61.8 Å². The highest BCUT2D eigenvalue weighted by Crippen LogP contribution is 2.38. The number of carbonyl (C=O) groups excluding carboxylic acids is 2. The third-order valence-corrected chi connectivity index (χ3v) is 6.47. The first-order valence-electron chi connectivity index (χ1n) is 10.7. The fourth-order valence-electron chi connectivity index (χ4n) is 4.73. The van der Waals surface area contributed by atoms with Gasteiger partial charge in [0.1, 0.15) is 11.6 Å². The lowest BCUT2D eigenvalue weighted by Gasteiger charge is -2.42. The van der Waals surface area contributed by atoms with Crippen LogP contribution in [0.2, 0.25) is 0 Å². The number of nitrogens with zero attached hydrogens (tertiary/aromatic N) is 3. The molecule has 3 heterocycles. The van der Waals surface area contributed by atoms with Gasteiger partial charge in [0.25, 0.3) is 5.91 Å². The van der Waals surface area contributed by atoms with Gasteiger partial charge in [-0.15, -0.1) is 0 Å². The fraction of sp³-hybridized carbons (Fsp3) is 0.478. The van der Waals surface area contributed by atoms with E-state index >= 15 is 0 Å². The monoisotopic (exact) mass is 426 g/mol. The Morgan fingerprint density at radius 2 is 2.06 bits per heavy atom. The van der Waals surface area contributed by atoms with E-state index < -0.39 is 11.3 Å². The molecule has 0 radical (unpaired) electrons. The highest BCUT2D eigenvalue weighted by molar-refractivity contribution is 5.93. The second kappa shape index (κ2) is 8.70. The molecule has 8 heteroatoms. The standard InChI is InChI=1S/C23H27FN4O3/c1-15-19(20(25)29)13-26-21(27-15)16-4-3-9-28(14-16)22(30)23(7-10-31-11-8-23)17-5-2-6-18(24)12-17/h2,5-6,12-13,16H,3-4,7-11,14H2,1H3,(H2,25,29). The number of carbonyl (C=O) groups is 2. The molecule has 7 nitrogen and oxygen atoms in total. The molecule has 2 aliphatic rings.